The van der Waals surface area contributed by atoms with Gasteiger partial charge < -0.3 is 9.69 Å². The lowest BCUT2D eigenvalue weighted by Gasteiger charge is -2.16. The fraction of sp³-hybridized carbons (Fsp3) is 0.538. The second-order valence-electron chi connectivity index (χ2n) is 4.29. The van der Waals surface area contributed by atoms with E-state index >= 15 is 0 Å². The van der Waals surface area contributed by atoms with Crippen LogP contribution in [0.25, 0.3) is 0 Å². The normalized spacial score (nSPS) is 10.3. The SMILES string of the molecule is CC(=O)CCC(=O)N(C)CCc1sccc1C. The van der Waals surface area contributed by atoms with Crippen LogP contribution in [-0.2, 0) is 16.0 Å². The summed E-state index contributed by atoms with van der Waals surface area (Å²) in [5.74, 6) is 0.121. The van der Waals surface area contributed by atoms with Crippen LogP contribution in [0, 0.1) is 6.92 Å². The van der Waals surface area contributed by atoms with Crippen LogP contribution in [0.1, 0.15) is 30.2 Å². The number of carbonyl (C=O) groups is 2. The Balaban J connectivity index is 2.34. The quantitative estimate of drug-likeness (QED) is 0.781. The third-order valence-corrected chi connectivity index (χ3v) is 3.84. The molecule has 0 fully saturated rings. The summed E-state index contributed by atoms with van der Waals surface area (Å²) in [6.45, 7) is 4.32. The van der Waals surface area contributed by atoms with Gasteiger partial charge in [-0.1, -0.05) is 0 Å². The number of nitrogens with zero attached hydrogens (tertiary/aromatic N) is 1. The highest BCUT2D eigenvalue weighted by Gasteiger charge is 2.10. The van der Waals surface area contributed by atoms with E-state index in [1.807, 2.05) is 0 Å². The summed E-state index contributed by atoms with van der Waals surface area (Å²) in [5.41, 5.74) is 1.29. The Morgan fingerprint density at radius 1 is 1.35 bits per heavy atom. The predicted molar refractivity (Wildman–Crippen MR) is 70.3 cm³/mol. The molecule has 1 amide bonds. The Morgan fingerprint density at radius 2 is 2.06 bits per heavy atom. The van der Waals surface area contributed by atoms with Crippen molar-refractivity contribution in [2.45, 2.75) is 33.1 Å². The molecule has 0 aromatic carbocycles. The van der Waals surface area contributed by atoms with Crippen molar-refractivity contribution in [1.29, 1.82) is 0 Å². The third-order valence-electron chi connectivity index (χ3n) is 2.76. The van der Waals surface area contributed by atoms with Crippen LogP contribution in [0.3, 0.4) is 0 Å². The molecule has 0 N–H and O–H groups in total. The second kappa shape index (κ2) is 6.55. The van der Waals surface area contributed by atoms with Gasteiger partial charge in [-0.2, -0.15) is 0 Å². The average molecular weight is 253 g/mol. The smallest absolute Gasteiger partial charge is 0.222 e. The van der Waals surface area contributed by atoms with E-state index in [2.05, 4.69) is 18.4 Å². The van der Waals surface area contributed by atoms with Crippen molar-refractivity contribution in [3.8, 4) is 0 Å². The number of aryl methyl sites for hydroxylation is 1. The number of ketones is 1. The number of Topliss-reactive ketones (excluding diaryl/α,β-unsaturated/α-hetero) is 1. The lowest BCUT2D eigenvalue weighted by Crippen LogP contribution is -2.28. The van der Waals surface area contributed by atoms with Crippen LogP contribution >= 0.6 is 11.3 Å². The molecule has 0 aliphatic rings. The van der Waals surface area contributed by atoms with Gasteiger partial charge in [0, 0.05) is 31.3 Å². The molecule has 17 heavy (non-hydrogen) atoms. The van der Waals surface area contributed by atoms with Gasteiger partial charge in [0.05, 0.1) is 0 Å². The fourth-order valence-electron chi connectivity index (χ4n) is 1.53. The molecule has 3 nitrogen and oxygen atoms in total. The van der Waals surface area contributed by atoms with Gasteiger partial charge in [0.1, 0.15) is 5.78 Å². The Bertz CT molecular complexity index is 398. The minimum atomic E-state index is 0.0504. The van der Waals surface area contributed by atoms with E-state index in [9.17, 15) is 9.59 Å². The van der Waals surface area contributed by atoms with Gasteiger partial charge in [0.2, 0.25) is 5.91 Å². The topological polar surface area (TPSA) is 37.4 Å². The molecule has 1 rings (SSSR count). The van der Waals surface area contributed by atoms with Crippen LogP contribution in [0.5, 0.6) is 0 Å². The first-order valence-electron chi connectivity index (χ1n) is 5.77. The van der Waals surface area contributed by atoms with Crippen molar-refractivity contribution >= 4 is 23.0 Å². The van der Waals surface area contributed by atoms with Crippen LogP contribution in [0.15, 0.2) is 11.4 Å². The van der Waals surface area contributed by atoms with Gasteiger partial charge in [-0.25, -0.2) is 0 Å². The van der Waals surface area contributed by atoms with Gasteiger partial charge in [0.15, 0.2) is 0 Å². The Kier molecular flexibility index (Phi) is 5.35. The lowest BCUT2D eigenvalue weighted by molar-refractivity contribution is -0.131. The monoisotopic (exact) mass is 253 g/mol. The van der Waals surface area contributed by atoms with E-state index in [1.165, 1.54) is 17.4 Å². The van der Waals surface area contributed by atoms with Crippen LogP contribution in [0.2, 0.25) is 0 Å². The summed E-state index contributed by atoms with van der Waals surface area (Å²) in [5, 5.41) is 2.07. The molecule has 0 spiro atoms. The van der Waals surface area contributed by atoms with Gasteiger partial charge in [-0.15, -0.1) is 11.3 Å². The molecular weight excluding hydrogens is 234 g/mol. The zero-order valence-electron chi connectivity index (χ0n) is 10.7. The highest BCUT2D eigenvalue weighted by atomic mass is 32.1. The van der Waals surface area contributed by atoms with Crippen molar-refractivity contribution in [3.63, 3.8) is 0 Å². The lowest BCUT2D eigenvalue weighted by atomic mass is 10.2. The second-order valence-corrected chi connectivity index (χ2v) is 5.29. The van der Waals surface area contributed by atoms with Crippen molar-refractivity contribution in [2.24, 2.45) is 0 Å². The van der Waals surface area contributed by atoms with E-state index in [0.717, 1.165) is 13.0 Å². The number of amides is 1. The summed E-state index contributed by atoms with van der Waals surface area (Å²) < 4.78 is 0. The van der Waals surface area contributed by atoms with E-state index in [4.69, 9.17) is 0 Å². The average Bonchev–Trinajstić information content (AvgIpc) is 2.68. The molecule has 1 aromatic rings. The number of hydrogen-bond donors (Lipinski definition) is 0. The third kappa shape index (κ3) is 4.69. The first-order valence-corrected chi connectivity index (χ1v) is 6.65. The predicted octanol–water partition coefficient (Wildman–Crippen LogP) is 2.43. The molecule has 0 aliphatic carbocycles. The molecule has 0 unspecified atom stereocenters. The Morgan fingerprint density at radius 3 is 2.59 bits per heavy atom. The molecule has 4 heteroatoms. The Labute approximate surface area is 106 Å². The van der Waals surface area contributed by atoms with E-state index in [0.29, 0.717) is 12.8 Å². The maximum Gasteiger partial charge on any atom is 0.222 e. The minimum Gasteiger partial charge on any atom is -0.345 e. The van der Waals surface area contributed by atoms with Crippen LogP contribution < -0.4 is 0 Å². The first-order chi connectivity index (χ1) is 8.00. The number of likely N-dealkylation sites (N-methyl/N-ethyl adjacent to an activating group) is 1. The zero-order valence-corrected chi connectivity index (χ0v) is 11.5. The van der Waals surface area contributed by atoms with E-state index in [-0.39, 0.29) is 11.7 Å². The van der Waals surface area contributed by atoms with E-state index in [1.54, 1.807) is 23.3 Å². The van der Waals surface area contributed by atoms with Gasteiger partial charge in [-0.05, 0) is 37.3 Å². The molecule has 0 aliphatic heterocycles. The molecule has 0 saturated carbocycles. The minimum absolute atomic E-state index is 0.0504. The summed E-state index contributed by atoms with van der Waals surface area (Å²) >= 11 is 1.73. The fourth-order valence-corrected chi connectivity index (χ4v) is 2.43. The van der Waals surface area contributed by atoms with Gasteiger partial charge in [0.25, 0.3) is 0 Å². The highest BCUT2D eigenvalue weighted by molar-refractivity contribution is 7.10. The highest BCUT2D eigenvalue weighted by Crippen LogP contribution is 2.16. The molecule has 0 radical (unpaired) electrons. The first kappa shape index (κ1) is 13.9. The Hall–Kier alpha value is -1.16. The maximum atomic E-state index is 11.7. The number of hydrogen-bond acceptors (Lipinski definition) is 3. The molecule has 0 atom stereocenters. The number of carbonyl (C=O) groups excluding carboxylic acids is 2. The van der Waals surface area contributed by atoms with Crippen molar-refractivity contribution in [2.75, 3.05) is 13.6 Å². The van der Waals surface area contributed by atoms with E-state index < -0.39 is 0 Å². The van der Waals surface area contributed by atoms with Crippen molar-refractivity contribution in [3.05, 3.63) is 21.9 Å². The van der Waals surface area contributed by atoms with Crippen LogP contribution in [-0.4, -0.2) is 30.2 Å². The summed E-state index contributed by atoms with van der Waals surface area (Å²) in [7, 11) is 1.80. The van der Waals surface area contributed by atoms with Crippen molar-refractivity contribution in [1.82, 2.24) is 4.90 Å². The van der Waals surface area contributed by atoms with Gasteiger partial charge >= 0.3 is 0 Å². The standard InChI is InChI=1S/C13H19NO2S/c1-10-7-9-17-12(10)6-8-14(3)13(16)5-4-11(2)15/h7,9H,4-6,8H2,1-3H3. The van der Waals surface area contributed by atoms with Crippen molar-refractivity contribution < 1.29 is 9.59 Å². The molecule has 94 valence electrons. The molecule has 1 heterocycles. The van der Waals surface area contributed by atoms with Crippen LogP contribution in [0.4, 0.5) is 0 Å². The zero-order chi connectivity index (χ0) is 12.8. The summed E-state index contributed by atoms with van der Waals surface area (Å²) in [4.78, 5) is 25.5. The molecular formula is C13H19NO2S. The summed E-state index contributed by atoms with van der Waals surface area (Å²) in [6, 6.07) is 2.09. The number of rotatable bonds is 6. The number of thiophene rings is 1. The summed E-state index contributed by atoms with van der Waals surface area (Å²) in [6.07, 6.45) is 1.57. The molecule has 0 saturated heterocycles. The van der Waals surface area contributed by atoms with Gasteiger partial charge in [-0.3, -0.25) is 4.79 Å². The maximum absolute atomic E-state index is 11.7. The molecule has 0 bridgehead atoms. The largest absolute Gasteiger partial charge is 0.345 e. The molecule has 1 aromatic heterocycles.